The summed E-state index contributed by atoms with van der Waals surface area (Å²) in [4.78, 5) is 31.7. The monoisotopic (exact) mass is 398 g/mol. The number of hydrogen-bond donors (Lipinski definition) is 0. The summed E-state index contributed by atoms with van der Waals surface area (Å²) >= 11 is 7.45. The minimum atomic E-state index is -0.297. The number of aromatic nitrogens is 3. The van der Waals surface area contributed by atoms with Gasteiger partial charge in [0.1, 0.15) is 0 Å². The normalized spacial score (nSPS) is 11.2. The van der Waals surface area contributed by atoms with Crippen LogP contribution in [0, 0.1) is 0 Å². The molecule has 27 heavy (non-hydrogen) atoms. The molecule has 136 valence electrons. The van der Waals surface area contributed by atoms with Gasteiger partial charge in [-0.1, -0.05) is 41.1 Å². The first kappa shape index (κ1) is 17.6. The molecule has 0 N–H and O–H groups in total. The number of hydrogen-bond acceptors (Lipinski definition) is 5. The highest BCUT2D eigenvalue weighted by Gasteiger charge is 2.24. The Bertz CT molecular complexity index is 1250. The predicted molar refractivity (Wildman–Crippen MR) is 109 cm³/mol. The molecule has 6 nitrogen and oxygen atoms in total. The number of nitrogens with zero attached hydrogens (tertiary/aromatic N) is 4. The zero-order valence-corrected chi connectivity index (χ0v) is 16.2. The Morgan fingerprint density at radius 2 is 1.96 bits per heavy atom. The largest absolute Gasteiger partial charge is 0.283 e. The van der Waals surface area contributed by atoms with Crippen LogP contribution in [0.1, 0.15) is 17.4 Å². The van der Waals surface area contributed by atoms with Crippen molar-refractivity contribution in [3.63, 3.8) is 0 Å². The molecule has 4 aromatic rings. The fourth-order valence-corrected chi connectivity index (χ4v) is 4.13. The minimum absolute atomic E-state index is 0.229. The lowest BCUT2D eigenvalue weighted by Crippen LogP contribution is -2.33. The summed E-state index contributed by atoms with van der Waals surface area (Å²) in [7, 11) is 1.54. The van der Waals surface area contributed by atoms with Crippen LogP contribution in [0.25, 0.3) is 21.0 Å². The Hall–Kier alpha value is -2.77. The molecule has 0 saturated carbocycles. The van der Waals surface area contributed by atoms with Crippen LogP contribution < -0.4 is 10.5 Å². The first-order valence-electron chi connectivity index (χ1n) is 8.33. The van der Waals surface area contributed by atoms with Gasteiger partial charge in [0.15, 0.2) is 10.8 Å². The van der Waals surface area contributed by atoms with Crippen LogP contribution in [0.4, 0.5) is 5.13 Å². The van der Waals surface area contributed by atoms with Gasteiger partial charge in [-0.15, -0.1) is 0 Å². The van der Waals surface area contributed by atoms with Crippen molar-refractivity contribution in [3.8, 4) is 0 Å². The molecule has 2 aromatic carbocycles. The van der Waals surface area contributed by atoms with Crippen LogP contribution >= 0.6 is 22.9 Å². The molecule has 0 aliphatic rings. The van der Waals surface area contributed by atoms with Crippen LogP contribution in [0.3, 0.4) is 0 Å². The maximum absolute atomic E-state index is 13.3. The van der Waals surface area contributed by atoms with Gasteiger partial charge in [-0.05, 0) is 31.2 Å². The topological polar surface area (TPSA) is 68.1 Å². The average molecular weight is 399 g/mol. The highest BCUT2D eigenvalue weighted by molar-refractivity contribution is 7.22. The summed E-state index contributed by atoms with van der Waals surface area (Å²) < 4.78 is 2.14. The van der Waals surface area contributed by atoms with Gasteiger partial charge in [0, 0.05) is 24.0 Å². The maximum atomic E-state index is 13.3. The summed E-state index contributed by atoms with van der Waals surface area (Å²) in [6.45, 7) is 2.30. The van der Waals surface area contributed by atoms with Crippen LogP contribution in [-0.2, 0) is 7.05 Å². The van der Waals surface area contributed by atoms with E-state index in [0.29, 0.717) is 27.5 Å². The number of anilines is 1. The summed E-state index contributed by atoms with van der Waals surface area (Å²) in [6, 6.07) is 12.5. The third-order valence-corrected chi connectivity index (χ3v) is 5.58. The van der Waals surface area contributed by atoms with E-state index < -0.39 is 0 Å². The molecule has 0 saturated heterocycles. The van der Waals surface area contributed by atoms with Gasteiger partial charge in [0.25, 0.3) is 11.5 Å². The predicted octanol–water partition coefficient (Wildman–Crippen LogP) is 3.86. The van der Waals surface area contributed by atoms with Crippen molar-refractivity contribution in [2.75, 3.05) is 11.4 Å². The number of thiazole rings is 1. The van der Waals surface area contributed by atoms with Crippen LogP contribution in [0.5, 0.6) is 0 Å². The second kappa shape index (κ2) is 6.75. The molecule has 0 fully saturated rings. The Morgan fingerprint density at radius 1 is 1.22 bits per heavy atom. The van der Waals surface area contributed by atoms with Crippen molar-refractivity contribution in [1.82, 2.24) is 14.8 Å². The molecular formula is C19H15ClN4O2S. The van der Waals surface area contributed by atoms with Crippen LogP contribution in [0.2, 0.25) is 5.02 Å². The van der Waals surface area contributed by atoms with Gasteiger partial charge >= 0.3 is 0 Å². The van der Waals surface area contributed by atoms with Gasteiger partial charge in [0.05, 0.1) is 15.6 Å². The van der Waals surface area contributed by atoms with Crippen LogP contribution in [0.15, 0.2) is 47.3 Å². The van der Waals surface area contributed by atoms with Crippen molar-refractivity contribution in [2.45, 2.75) is 6.92 Å². The van der Waals surface area contributed by atoms with Crippen molar-refractivity contribution in [3.05, 3.63) is 63.5 Å². The molecule has 0 unspecified atom stereocenters. The number of aryl methyl sites for hydroxylation is 1. The molecule has 0 spiro atoms. The van der Waals surface area contributed by atoms with Gasteiger partial charge in [-0.3, -0.25) is 14.5 Å². The summed E-state index contributed by atoms with van der Waals surface area (Å²) in [5.41, 5.74) is 0.735. The van der Waals surface area contributed by atoms with Gasteiger partial charge in [-0.25, -0.2) is 9.67 Å². The molecule has 8 heteroatoms. The summed E-state index contributed by atoms with van der Waals surface area (Å²) in [5, 5.41) is 6.40. The van der Waals surface area contributed by atoms with E-state index in [2.05, 4.69) is 10.1 Å². The number of benzene rings is 2. The Balaban J connectivity index is 1.86. The summed E-state index contributed by atoms with van der Waals surface area (Å²) in [6.07, 6.45) is 0. The van der Waals surface area contributed by atoms with Crippen molar-refractivity contribution in [1.29, 1.82) is 0 Å². The smallest absolute Gasteiger partial charge is 0.281 e. The number of carbonyl (C=O) groups is 1. The number of rotatable bonds is 3. The van der Waals surface area contributed by atoms with E-state index in [1.54, 1.807) is 48.3 Å². The van der Waals surface area contributed by atoms with Crippen molar-refractivity contribution in [2.24, 2.45) is 7.05 Å². The zero-order valence-electron chi connectivity index (χ0n) is 14.6. The molecule has 2 heterocycles. The molecule has 2 aromatic heterocycles. The Kier molecular flexibility index (Phi) is 4.41. The fraction of sp³-hybridized carbons (Fsp3) is 0.158. The summed E-state index contributed by atoms with van der Waals surface area (Å²) in [5.74, 6) is -0.297. The van der Waals surface area contributed by atoms with E-state index in [9.17, 15) is 9.59 Å². The number of amides is 1. The van der Waals surface area contributed by atoms with Gasteiger partial charge in [-0.2, -0.15) is 5.10 Å². The van der Waals surface area contributed by atoms with Crippen molar-refractivity contribution >= 4 is 55.0 Å². The molecule has 0 aliphatic heterocycles. The van der Waals surface area contributed by atoms with Crippen molar-refractivity contribution < 1.29 is 4.79 Å². The first-order chi connectivity index (χ1) is 13.0. The standard InChI is InChI=1S/C19H15ClN4O2S/c1-3-24(19-21-14-10-11(20)8-9-15(14)27-19)18(26)16-12-6-4-5-7-13(12)17(25)23(2)22-16/h4-10H,3H2,1-2H3. The van der Waals surface area contributed by atoms with E-state index in [1.165, 1.54) is 16.0 Å². The van der Waals surface area contributed by atoms with E-state index in [1.807, 2.05) is 13.0 Å². The highest BCUT2D eigenvalue weighted by Crippen LogP contribution is 2.31. The maximum Gasteiger partial charge on any atom is 0.281 e. The molecule has 0 radical (unpaired) electrons. The molecule has 1 amide bonds. The Morgan fingerprint density at radius 3 is 2.70 bits per heavy atom. The first-order valence-corrected chi connectivity index (χ1v) is 9.53. The van der Waals surface area contributed by atoms with E-state index in [4.69, 9.17) is 11.6 Å². The van der Waals surface area contributed by atoms with E-state index in [-0.39, 0.29) is 17.2 Å². The second-order valence-corrected chi connectivity index (χ2v) is 7.43. The minimum Gasteiger partial charge on any atom is -0.283 e. The lowest BCUT2D eigenvalue weighted by atomic mass is 10.1. The molecule has 4 rings (SSSR count). The van der Waals surface area contributed by atoms with E-state index in [0.717, 1.165) is 10.2 Å². The van der Waals surface area contributed by atoms with E-state index >= 15 is 0 Å². The van der Waals surface area contributed by atoms with Gasteiger partial charge < -0.3 is 0 Å². The SMILES string of the molecule is CCN(C(=O)c1nn(C)c(=O)c2ccccc12)c1nc2cc(Cl)ccc2s1. The lowest BCUT2D eigenvalue weighted by Gasteiger charge is -2.18. The number of halogens is 1. The third kappa shape index (κ3) is 2.98. The number of carbonyl (C=O) groups excluding carboxylic acids is 1. The molecular weight excluding hydrogens is 384 g/mol. The molecule has 0 atom stereocenters. The van der Waals surface area contributed by atoms with Gasteiger partial charge in [0.2, 0.25) is 0 Å². The Labute approximate surface area is 163 Å². The lowest BCUT2D eigenvalue weighted by molar-refractivity contribution is 0.0983. The molecule has 0 aliphatic carbocycles. The van der Waals surface area contributed by atoms with Crippen LogP contribution in [-0.4, -0.2) is 27.2 Å². The molecule has 0 bridgehead atoms. The third-order valence-electron chi connectivity index (χ3n) is 4.29. The fourth-order valence-electron chi connectivity index (χ4n) is 2.96. The quantitative estimate of drug-likeness (QED) is 0.525. The average Bonchev–Trinajstić information content (AvgIpc) is 3.07. The number of fused-ring (bicyclic) bond motifs is 2. The highest BCUT2D eigenvalue weighted by atomic mass is 35.5. The zero-order chi connectivity index (χ0) is 19.1. The second-order valence-electron chi connectivity index (χ2n) is 5.98.